The molecule has 2 nitrogen and oxygen atoms in total. The fourth-order valence-electron chi connectivity index (χ4n) is 1.34. The Morgan fingerprint density at radius 3 is 2.54 bits per heavy atom. The zero-order chi connectivity index (χ0) is 10.0. The van der Waals surface area contributed by atoms with E-state index in [1.165, 1.54) is 0 Å². The van der Waals surface area contributed by atoms with Gasteiger partial charge in [-0.25, -0.2) is 0 Å². The summed E-state index contributed by atoms with van der Waals surface area (Å²) in [5.41, 5.74) is 1.71. The number of aryl methyl sites for hydroxylation is 1. The molecule has 0 saturated heterocycles. The number of benzene rings is 1. The summed E-state index contributed by atoms with van der Waals surface area (Å²) in [4.78, 5) is 0. The molecule has 0 aliphatic carbocycles. The summed E-state index contributed by atoms with van der Waals surface area (Å²) < 4.78 is 5.05. The monoisotopic (exact) mass is 200 g/mol. The molecule has 0 spiro atoms. The van der Waals surface area contributed by atoms with Crippen molar-refractivity contribution in [1.82, 2.24) is 0 Å². The highest BCUT2D eigenvalue weighted by Gasteiger charge is 2.13. The predicted molar refractivity (Wildman–Crippen MR) is 53.4 cm³/mol. The summed E-state index contributed by atoms with van der Waals surface area (Å²) in [6.07, 6.45) is -0.567. The van der Waals surface area contributed by atoms with Crippen LogP contribution in [0.1, 0.15) is 24.2 Å². The summed E-state index contributed by atoms with van der Waals surface area (Å²) in [6.45, 7) is 3.60. The second-order valence-corrected chi connectivity index (χ2v) is 3.37. The molecule has 0 amide bonds. The number of methoxy groups -OCH3 is 1. The Bertz CT molecular complexity index is 308. The van der Waals surface area contributed by atoms with Crippen LogP contribution < -0.4 is 4.74 Å². The third-order valence-electron chi connectivity index (χ3n) is 2.00. The van der Waals surface area contributed by atoms with Crippen LogP contribution in [0.5, 0.6) is 5.75 Å². The van der Waals surface area contributed by atoms with E-state index in [4.69, 9.17) is 16.3 Å². The summed E-state index contributed by atoms with van der Waals surface area (Å²) in [5, 5.41) is 9.96. The van der Waals surface area contributed by atoms with E-state index in [9.17, 15) is 5.11 Å². The van der Waals surface area contributed by atoms with Crippen LogP contribution >= 0.6 is 11.6 Å². The molecule has 1 aromatic carbocycles. The fourth-order valence-corrected chi connectivity index (χ4v) is 1.79. The van der Waals surface area contributed by atoms with E-state index < -0.39 is 6.10 Å². The van der Waals surface area contributed by atoms with Gasteiger partial charge < -0.3 is 9.84 Å². The molecule has 1 atom stereocenters. The van der Waals surface area contributed by atoms with Crippen molar-refractivity contribution in [2.45, 2.75) is 20.0 Å². The summed E-state index contributed by atoms with van der Waals surface area (Å²) in [6, 6.07) is 3.68. The molecule has 0 saturated carbocycles. The molecule has 1 N–H and O–H groups in total. The lowest BCUT2D eigenvalue weighted by atomic mass is 10.0. The Labute approximate surface area is 83.1 Å². The number of ether oxygens (including phenoxy) is 1. The first-order valence-electron chi connectivity index (χ1n) is 4.09. The second kappa shape index (κ2) is 3.99. The maximum atomic E-state index is 9.47. The molecular weight excluding hydrogens is 188 g/mol. The lowest BCUT2D eigenvalue weighted by molar-refractivity contribution is 0.198. The minimum Gasteiger partial charge on any atom is -0.495 e. The minimum atomic E-state index is -0.567. The highest BCUT2D eigenvalue weighted by atomic mass is 35.5. The van der Waals surface area contributed by atoms with E-state index in [1.807, 2.05) is 13.0 Å². The van der Waals surface area contributed by atoms with E-state index in [-0.39, 0.29) is 0 Å². The predicted octanol–water partition coefficient (Wildman–Crippen LogP) is 2.71. The molecular formula is C10H13ClO2. The summed E-state index contributed by atoms with van der Waals surface area (Å²) >= 11 is 6.02. The van der Waals surface area contributed by atoms with Gasteiger partial charge in [-0.15, -0.1) is 0 Å². The van der Waals surface area contributed by atoms with Gasteiger partial charge >= 0.3 is 0 Å². The maximum Gasteiger partial charge on any atom is 0.137 e. The van der Waals surface area contributed by atoms with Crippen LogP contribution in [0.25, 0.3) is 0 Å². The molecule has 0 aromatic heterocycles. The Morgan fingerprint density at radius 1 is 1.46 bits per heavy atom. The number of halogens is 1. The number of hydrogen-bond donors (Lipinski definition) is 1. The van der Waals surface area contributed by atoms with Crippen molar-refractivity contribution in [3.63, 3.8) is 0 Å². The molecule has 72 valence electrons. The highest BCUT2D eigenvalue weighted by molar-refractivity contribution is 6.33. The second-order valence-electron chi connectivity index (χ2n) is 2.99. The minimum absolute atomic E-state index is 0.498. The van der Waals surface area contributed by atoms with Crippen LogP contribution in [-0.4, -0.2) is 12.2 Å². The van der Waals surface area contributed by atoms with E-state index >= 15 is 0 Å². The normalized spacial score (nSPS) is 12.7. The van der Waals surface area contributed by atoms with Crippen molar-refractivity contribution < 1.29 is 9.84 Å². The summed E-state index contributed by atoms with van der Waals surface area (Å²) in [7, 11) is 1.56. The van der Waals surface area contributed by atoms with E-state index in [2.05, 4.69) is 0 Å². The average Bonchev–Trinajstić information content (AvgIpc) is 2.04. The fraction of sp³-hybridized carbons (Fsp3) is 0.400. The zero-order valence-electron chi connectivity index (χ0n) is 7.97. The van der Waals surface area contributed by atoms with E-state index in [0.717, 1.165) is 11.1 Å². The smallest absolute Gasteiger partial charge is 0.137 e. The highest BCUT2D eigenvalue weighted by Crippen LogP contribution is 2.34. The zero-order valence-corrected chi connectivity index (χ0v) is 8.72. The third-order valence-corrected chi connectivity index (χ3v) is 2.39. The topological polar surface area (TPSA) is 29.5 Å². The number of aliphatic hydroxyl groups excluding tert-OH is 1. The van der Waals surface area contributed by atoms with Crippen LogP contribution in [0.3, 0.4) is 0 Å². The molecule has 13 heavy (non-hydrogen) atoms. The molecule has 0 radical (unpaired) electrons. The van der Waals surface area contributed by atoms with Crippen LogP contribution in [0, 0.1) is 6.92 Å². The first-order chi connectivity index (χ1) is 6.07. The van der Waals surface area contributed by atoms with Crippen LogP contribution in [0.15, 0.2) is 12.1 Å². The van der Waals surface area contributed by atoms with Gasteiger partial charge in [-0.05, 0) is 25.5 Å². The molecule has 1 aromatic rings. The molecule has 0 heterocycles. The van der Waals surface area contributed by atoms with Gasteiger partial charge in [0.1, 0.15) is 5.75 Å². The van der Waals surface area contributed by atoms with Gasteiger partial charge in [0.05, 0.1) is 18.2 Å². The number of rotatable bonds is 2. The Hall–Kier alpha value is -0.730. The van der Waals surface area contributed by atoms with Crippen LogP contribution in [0.2, 0.25) is 5.02 Å². The van der Waals surface area contributed by atoms with Gasteiger partial charge in [0.2, 0.25) is 0 Å². The Morgan fingerprint density at radius 2 is 2.08 bits per heavy atom. The SMILES string of the molecule is COc1ccc(C)c(C(C)O)c1Cl. The largest absolute Gasteiger partial charge is 0.495 e. The van der Waals surface area contributed by atoms with Crippen molar-refractivity contribution in [1.29, 1.82) is 0 Å². The Balaban J connectivity index is 3.30. The lowest BCUT2D eigenvalue weighted by Crippen LogP contribution is -1.98. The van der Waals surface area contributed by atoms with Gasteiger partial charge in [0, 0.05) is 5.56 Å². The standard InChI is InChI=1S/C10H13ClO2/c1-6-4-5-8(13-3)10(11)9(6)7(2)12/h4-5,7,12H,1-3H3. The summed E-state index contributed by atoms with van der Waals surface area (Å²) in [5.74, 6) is 0.600. The van der Waals surface area contributed by atoms with Gasteiger partial charge in [-0.1, -0.05) is 17.7 Å². The molecule has 1 unspecified atom stereocenters. The van der Waals surface area contributed by atoms with E-state index in [0.29, 0.717) is 10.8 Å². The third kappa shape index (κ3) is 1.95. The van der Waals surface area contributed by atoms with Gasteiger partial charge in [-0.3, -0.25) is 0 Å². The number of hydrogen-bond acceptors (Lipinski definition) is 2. The maximum absolute atomic E-state index is 9.47. The van der Waals surface area contributed by atoms with Crippen LogP contribution in [-0.2, 0) is 0 Å². The molecule has 0 aliphatic rings. The molecule has 3 heteroatoms. The van der Waals surface area contributed by atoms with Crippen molar-refractivity contribution in [3.8, 4) is 5.75 Å². The van der Waals surface area contributed by atoms with E-state index in [1.54, 1.807) is 20.1 Å². The first-order valence-corrected chi connectivity index (χ1v) is 4.46. The van der Waals surface area contributed by atoms with Crippen molar-refractivity contribution in [3.05, 3.63) is 28.3 Å². The molecule has 0 fully saturated rings. The van der Waals surface area contributed by atoms with Crippen molar-refractivity contribution in [2.75, 3.05) is 7.11 Å². The van der Waals surface area contributed by atoms with Crippen molar-refractivity contribution in [2.24, 2.45) is 0 Å². The lowest BCUT2D eigenvalue weighted by Gasteiger charge is -2.13. The van der Waals surface area contributed by atoms with Gasteiger partial charge in [-0.2, -0.15) is 0 Å². The molecule has 0 bridgehead atoms. The van der Waals surface area contributed by atoms with Crippen molar-refractivity contribution >= 4 is 11.6 Å². The molecule has 0 aliphatic heterocycles. The quantitative estimate of drug-likeness (QED) is 0.796. The number of aliphatic hydroxyl groups is 1. The van der Waals surface area contributed by atoms with Gasteiger partial charge in [0.25, 0.3) is 0 Å². The Kier molecular flexibility index (Phi) is 3.17. The van der Waals surface area contributed by atoms with Gasteiger partial charge in [0.15, 0.2) is 0 Å². The molecule has 1 rings (SSSR count). The van der Waals surface area contributed by atoms with Crippen LogP contribution in [0.4, 0.5) is 0 Å². The average molecular weight is 201 g/mol. The first kappa shape index (κ1) is 10.4.